The fourth-order valence-electron chi connectivity index (χ4n) is 3.38. The van der Waals surface area contributed by atoms with Crippen molar-refractivity contribution in [3.05, 3.63) is 59.2 Å². The fourth-order valence-corrected chi connectivity index (χ4v) is 3.38. The number of amides is 2. The Morgan fingerprint density at radius 1 is 0.913 bits per heavy atom. The second-order valence-corrected chi connectivity index (χ2v) is 6.16. The molecule has 4 rings (SSSR count). The van der Waals surface area contributed by atoms with Crippen LogP contribution in [0, 0.1) is 0 Å². The van der Waals surface area contributed by atoms with Crippen molar-refractivity contribution >= 4 is 11.8 Å². The van der Waals surface area contributed by atoms with Gasteiger partial charge in [0, 0.05) is 18.5 Å². The summed E-state index contributed by atoms with van der Waals surface area (Å²) in [4.78, 5) is 23.1. The van der Waals surface area contributed by atoms with E-state index in [4.69, 9.17) is 0 Å². The smallest absolute Gasteiger partial charge is 0.251 e. The van der Waals surface area contributed by atoms with Gasteiger partial charge in [0.2, 0.25) is 5.91 Å². The lowest BCUT2D eigenvalue weighted by Crippen LogP contribution is -2.31. The summed E-state index contributed by atoms with van der Waals surface area (Å²) in [5.41, 5.74) is 5.30. The summed E-state index contributed by atoms with van der Waals surface area (Å²) >= 11 is 0. The highest BCUT2D eigenvalue weighted by atomic mass is 16.2. The minimum Gasteiger partial charge on any atom is -0.352 e. The Labute approximate surface area is 134 Å². The van der Waals surface area contributed by atoms with Gasteiger partial charge in [0.05, 0.1) is 6.04 Å². The van der Waals surface area contributed by atoms with Gasteiger partial charge in [-0.15, -0.1) is 0 Å². The van der Waals surface area contributed by atoms with Gasteiger partial charge in [-0.1, -0.05) is 36.4 Å². The first kappa shape index (κ1) is 14.0. The van der Waals surface area contributed by atoms with Gasteiger partial charge >= 0.3 is 0 Å². The van der Waals surface area contributed by atoms with Crippen LogP contribution in [0.2, 0.25) is 0 Å². The standard InChI is InChI=1S/C19H18N2O2/c22-18-8-7-17(21-18)13-3-1-12(2-4-13)14-5-6-16-15(11-14)9-10-20-19(16)23/h1-6,11,17H,7-10H2,(H,20,23)(H,21,22). The van der Waals surface area contributed by atoms with Crippen molar-refractivity contribution in [1.29, 1.82) is 0 Å². The van der Waals surface area contributed by atoms with Crippen LogP contribution in [0.1, 0.15) is 40.4 Å². The maximum Gasteiger partial charge on any atom is 0.251 e. The van der Waals surface area contributed by atoms with Crippen LogP contribution >= 0.6 is 0 Å². The Balaban J connectivity index is 1.61. The van der Waals surface area contributed by atoms with Crippen LogP contribution in [-0.2, 0) is 11.2 Å². The van der Waals surface area contributed by atoms with Crippen molar-refractivity contribution < 1.29 is 9.59 Å². The van der Waals surface area contributed by atoms with E-state index in [1.807, 2.05) is 12.1 Å². The zero-order chi connectivity index (χ0) is 15.8. The number of fused-ring (bicyclic) bond motifs is 1. The summed E-state index contributed by atoms with van der Waals surface area (Å²) in [6, 6.07) is 14.5. The minimum absolute atomic E-state index is 0.0186. The molecule has 2 aromatic rings. The molecule has 0 aliphatic carbocycles. The third-order valence-electron chi connectivity index (χ3n) is 4.67. The Morgan fingerprint density at radius 3 is 2.43 bits per heavy atom. The second-order valence-electron chi connectivity index (χ2n) is 6.16. The third kappa shape index (κ3) is 2.61. The van der Waals surface area contributed by atoms with Crippen molar-refractivity contribution in [3.8, 4) is 11.1 Å². The lowest BCUT2D eigenvalue weighted by Gasteiger charge is -2.17. The molecule has 1 atom stereocenters. The first-order valence-corrected chi connectivity index (χ1v) is 8.01. The summed E-state index contributed by atoms with van der Waals surface area (Å²) < 4.78 is 0. The van der Waals surface area contributed by atoms with Crippen LogP contribution in [0.4, 0.5) is 0 Å². The van der Waals surface area contributed by atoms with Crippen LogP contribution in [0.5, 0.6) is 0 Å². The molecule has 1 unspecified atom stereocenters. The topological polar surface area (TPSA) is 58.2 Å². The first-order chi connectivity index (χ1) is 11.2. The Bertz CT molecular complexity index is 780. The second kappa shape index (κ2) is 5.54. The van der Waals surface area contributed by atoms with Crippen molar-refractivity contribution in [2.45, 2.75) is 25.3 Å². The molecule has 2 aliphatic rings. The summed E-state index contributed by atoms with van der Waals surface area (Å²) in [6.07, 6.45) is 2.35. The third-order valence-corrected chi connectivity index (χ3v) is 4.67. The van der Waals surface area contributed by atoms with Crippen molar-refractivity contribution in [1.82, 2.24) is 10.6 Å². The van der Waals surface area contributed by atoms with Crippen molar-refractivity contribution in [2.24, 2.45) is 0 Å². The van der Waals surface area contributed by atoms with E-state index in [-0.39, 0.29) is 17.9 Å². The lowest BCUT2D eigenvalue weighted by molar-refractivity contribution is -0.119. The van der Waals surface area contributed by atoms with E-state index in [0.717, 1.165) is 40.7 Å². The summed E-state index contributed by atoms with van der Waals surface area (Å²) in [5.74, 6) is 0.150. The molecule has 2 aliphatic heterocycles. The molecule has 4 heteroatoms. The van der Waals surface area contributed by atoms with Crippen LogP contribution in [0.25, 0.3) is 11.1 Å². The van der Waals surface area contributed by atoms with E-state index in [1.165, 1.54) is 0 Å². The van der Waals surface area contributed by atoms with E-state index in [9.17, 15) is 9.59 Å². The molecular weight excluding hydrogens is 288 g/mol. The molecule has 0 aromatic heterocycles. The Morgan fingerprint density at radius 2 is 1.70 bits per heavy atom. The summed E-state index contributed by atoms with van der Waals surface area (Å²) in [7, 11) is 0. The predicted octanol–water partition coefficient (Wildman–Crippen LogP) is 2.59. The Hall–Kier alpha value is -2.62. The maximum atomic E-state index is 11.8. The number of benzene rings is 2. The van der Waals surface area contributed by atoms with Crippen LogP contribution in [0.3, 0.4) is 0 Å². The molecule has 2 N–H and O–H groups in total. The van der Waals surface area contributed by atoms with Gasteiger partial charge in [-0.2, -0.15) is 0 Å². The molecule has 0 spiro atoms. The maximum absolute atomic E-state index is 11.8. The molecular formula is C19H18N2O2. The van der Waals surface area contributed by atoms with E-state index >= 15 is 0 Å². The quantitative estimate of drug-likeness (QED) is 0.896. The molecule has 4 nitrogen and oxygen atoms in total. The van der Waals surface area contributed by atoms with E-state index in [2.05, 4.69) is 41.0 Å². The molecule has 1 fully saturated rings. The van der Waals surface area contributed by atoms with Gasteiger partial charge in [0.25, 0.3) is 5.91 Å². The van der Waals surface area contributed by atoms with Gasteiger partial charge in [0.1, 0.15) is 0 Å². The molecule has 23 heavy (non-hydrogen) atoms. The van der Waals surface area contributed by atoms with E-state index in [1.54, 1.807) is 0 Å². The number of carbonyl (C=O) groups excluding carboxylic acids is 2. The SMILES string of the molecule is O=C1CCC(c2ccc(-c3ccc4c(c3)CCNC4=O)cc2)N1. The monoisotopic (exact) mass is 306 g/mol. The molecule has 116 valence electrons. The molecule has 0 radical (unpaired) electrons. The highest BCUT2D eigenvalue weighted by Gasteiger charge is 2.22. The molecule has 0 saturated carbocycles. The average molecular weight is 306 g/mol. The predicted molar refractivity (Wildman–Crippen MR) is 88.0 cm³/mol. The number of hydrogen-bond acceptors (Lipinski definition) is 2. The zero-order valence-electron chi connectivity index (χ0n) is 12.8. The fraction of sp³-hybridized carbons (Fsp3) is 0.263. The molecule has 1 saturated heterocycles. The highest BCUT2D eigenvalue weighted by Crippen LogP contribution is 2.28. The average Bonchev–Trinajstić information content (AvgIpc) is 3.01. The van der Waals surface area contributed by atoms with Crippen molar-refractivity contribution in [3.63, 3.8) is 0 Å². The van der Waals surface area contributed by atoms with Gasteiger partial charge in [-0.05, 0) is 41.2 Å². The minimum atomic E-state index is 0.0186. The molecule has 2 heterocycles. The summed E-state index contributed by atoms with van der Waals surface area (Å²) in [5, 5.41) is 5.86. The number of nitrogens with one attached hydrogen (secondary N) is 2. The van der Waals surface area contributed by atoms with Crippen LogP contribution < -0.4 is 10.6 Å². The van der Waals surface area contributed by atoms with Gasteiger partial charge in [0.15, 0.2) is 0 Å². The van der Waals surface area contributed by atoms with Crippen LogP contribution in [0.15, 0.2) is 42.5 Å². The highest BCUT2D eigenvalue weighted by molar-refractivity contribution is 5.97. The summed E-state index contributed by atoms with van der Waals surface area (Å²) in [6.45, 7) is 0.704. The van der Waals surface area contributed by atoms with E-state index in [0.29, 0.717) is 13.0 Å². The normalized spacial score (nSPS) is 19.9. The number of rotatable bonds is 2. The van der Waals surface area contributed by atoms with Gasteiger partial charge < -0.3 is 10.6 Å². The van der Waals surface area contributed by atoms with Crippen LogP contribution in [-0.4, -0.2) is 18.4 Å². The van der Waals surface area contributed by atoms with Gasteiger partial charge in [-0.25, -0.2) is 0 Å². The lowest BCUT2D eigenvalue weighted by atomic mass is 9.94. The molecule has 0 bridgehead atoms. The number of hydrogen-bond donors (Lipinski definition) is 2. The van der Waals surface area contributed by atoms with Gasteiger partial charge in [-0.3, -0.25) is 9.59 Å². The number of carbonyl (C=O) groups is 2. The Kier molecular flexibility index (Phi) is 3.37. The zero-order valence-corrected chi connectivity index (χ0v) is 12.8. The molecule has 2 amide bonds. The van der Waals surface area contributed by atoms with E-state index < -0.39 is 0 Å². The largest absolute Gasteiger partial charge is 0.352 e. The molecule has 2 aromatic carbocycles. The first-order valence-electron chi connectivity index (χ1n) is 8.01. The van der Waals surface area contributed by atoms with Crippen molar-refractivity contribution in [2.75, 3.05) is 6.54 Å².